The van der Waals surface area contributed by atoms with Crippen LogP contribution in [0, 0.1) is 0 Å². The minimum Gasteiger partial charge on any atom is -0.473 e. The van der Waals surface area contributed by atoms with E-state index in [4.69, 9.17) is 4.74 Å². The van der Waals surface area contributed by atoms with E-state index in [2.05, 4.69) is 46.1 Å². The zero-order chi connectivity index (χ0) is 14.4. The average Bonchev–Trinajstić information content (AvgIpc) is 2.46. The van der Waals surface area contributed by atoms with Crippen LogP contribution in [0.15, 0.2) is 47.1 Å². The molecule has 0 aliphatic carbocycles. The van der Waals surface area contributed by atoms with Gasteiger partial charge in [0.05, 0.1) is 0 Å². The standard InChI is InChI=1S/C16H19BrN2O/c1-3-18-12(2)14-7-8-16(19-10-14)20-11-13-5-4-6-15(17)9-13/h4-10,12,18H,3,11H2,1-2H3. The molecule has 0 amide bonds. The normalized spacial score (nSPS) is 12.2. The van der Waals surface area contributed by atoms with Crippen LogP contribution >= 0.6 is 15.9 Å². The molecule has 20 heavy (non-hydrogen) atoms. The van der Waals surface area contributed by atoms with Crippen LogP contribution in [-0.4, -0.2) is 11.5 Å². The molecule has 1 unspecified atom stereocenters. The van der Waals surface area contributed by atoms with Crippen molar-refractivity contribution in [3.63, 3.8) is 0 Å². The number of benzene rings is 1. The highest BCUT2D eigenvalue weighted by Gasteiger charge is 2.04. The SMILES string of the molecule is CCNC(C)c1ccc(OCc2cccc(Br)c2)nc1. The van der Waals surface area contributed by atoms with E-state index in [-0.39, 0.29) is 0 Å². The summed E-state index contributed by atoms with van der Waals surface area (Å²) in [5.74, 6) is 0.650. The van der Waals surface area contributed by atoms with Gasteiger partial charge in [-0.05, 0) is 36.7 Å². The van der Waals surface area contributed by atoms with Crippen molar-refractivity contribution in [2.75, 3.05) is 6.54 Å². The van der Waals surface area contributed by atoms with Gasteiger partial charge < -0.3 is 10.1 Å². The van der Waals surface area contributed by atoms with Gasteiger partial charge in [-0.15, -0.1) is 0 Å². The third-order valence-electron chi connectivity index (χ3n) is 3.05. The Morgan fingerprint density at radius 1 is 1.30 bits per heavy atom. The van der Waals surface area contributed by atoms with Crippen molar-refractivity contribution < 1.29 is 4.74 Å². The third-order valence-corrected chi connectivity index (χ3v) is 3.54. The molecule has 4 heteroatoms. The molecule has 2 aromatic rings. The minimum absolute atomic E-state index is 0.312. The minimum atomic E-state index is 0.312. The number of nitrogens with zero attached hydrogens (tertiary/aromatic N) is 1. The van der Waals surface area contributed by atoms with Crippen molar-refractivity contribution in [1.82, 2.24) is 10.3 Å². The third kappa shape index (κ3) is 4.32. The van der Waals surface area contributed by atoms with Crippen LogP contribution in [0.1, 0.15) is 31.0 Å². The largest absolute Gasteiger partial charge is 0.473 e. The molecule has 0 radical (unpaired) electrons. The number of aromatic nitrogens is 1. The van der Waals surface area contributed by atoms with E-state index in [1.165, 1.54) is 5.56 Å². The fourth-order valence-electron chi connectivity index (χ4n) is 1.94. The molecule has 1 aromatic heterocycles. The molecular weight excluding hydrogens is 316 g/mol. The molecule has 0 spiro atoms. The Balaban J connectivity index is 1.94. The Morgan fingerprint density at radius 2 is 2.15 bits per heavy atom. The Bertz CT molecular complexity index is 542. The number of hydrogen-bond acceptors (Lipinski definition) is 3. The molecule has 1 atom stereocenters. The lowest BCUT2D eigenvalue weighted by atomic mass is 10.1. The summed E-state index contributed by atoms with van der Waals surface area (Å²) in [6.07, 6.45) is 1.86. The molecule has 3 nitrogen and oxygen atoms in total. The highest BCUT2D eigenvalue weighted by molar-refractivity contribution is 9.10. The number of ether oxygens (including phenoxy) is 1. The van der Waals surface area contributed by atoms with Gasteiger partial charge in [0.1, 0.15) is 6.61 Å². The van der Waals surface area contributed by atoms with Crippen molar-refractivity contribution in [2.24, 2.45) is 0 Å². The molecule has 1 aromatic carbocycles. The Morgan fingerprint density at radius 3 is 2.80 bits per heavy atom. The van der Waals surface area contributed by atoms with E-state index >= 15 is 0 Å². The van der Waals surface area contributed by atoms with Crippen molar-refractivity contribution in [3.05, 3.63) is 58.2 Å². The van der Waals surface area contributed by atoms with Gasteiger partial charge in [0, 0.05) is 22.8 Å². The maximum Gasteiger partial charge on any atom is 0.213 e. The maximum atomic E-state index is 5.69. The summed E-state index contributed by atoms with van der Waals surface area (Å²) >= 11 is 3.45. The highest BCUT2D eigenvalue weighted by atomic mass is 79.9. The fraction of sp³-hybridized carbons (Fsp3) is 0.312. The first-order chi connectivity index (χ1) is 9.69. The van der Waals surface area contributed by atoms with Gasteiger partial charge in [-0.25, -0.2) is 4.98 Å². The van der Waals surface area contributed by atoms with Gasteiger partial charge in [0.25, 0.3) is 0 Å². The first kappa shape index (κ1) is 15.0. The maximum absolute atomic E-state index is 5.69. The second-order valence-corrected chi connectivity index (χ2v) is 5.54. The second kappa shape index (κ2) is 7.41. The van der Waals surface area contributed by atoms with Crippen LogP contribution < -0.4 is 10.1 Å². The number of pyridine rings is 1. The van der Waals surface area contributed by atoms with Gasteiger partial charge in [-0.1, -0.05) is 41.1 Å². The first-order valence-corrected chi connectivity index (χ1v) is 7.55. The second-order valence-electron chi connectivity index (χ2n) is 4.63. The van der Waals surface area contributed by atoms with Crippen LogP contribution in [0.25, 0.3) is 0 Å². The number of hydrogen-bond donors (Lipinski definition) is 1. The van der Waals surface area contributed by atoms with Crippen LogP contribution in [-0.2, 0) is 6.61 Å². The summed E-state index contributed by atoms with van der Waals surface area (Å²) in [6.45, 7) is 5.69. The molecule has 106 valence electrons. The molecule has 2 rings (SSSR count). The predicted molar refractivity (Wildman–Crippen MR) is 84.8 cm³/mol. The summed E-state index contributed by atoms with van der Waals surface area (Å²) in [7, 11) is 0. The topological polar surface area (TPSA) is 34.1 Å². The first-order valence-electron chi connectivity index (χ1n) is 6.75. The van der Waals surface area contributed by atoms with Gasteiger partial charge in [0.15, 0.2) is 0 Å². The molecule has 1 heterocycles. The quantitative estimate of drug-likeness (QED) is 0.863. The van der Waals surface area contributed by atoms with E-state index < -0.39 is 0 Å². The Labute approximate surface area is 128 Å². The lowest BCUT2D eigenvalue weighted by Gasteiger charge is -2.12. The lowest BCUT2D eigenvalue weighted by molar-refractivity contribution is 0.293. The molecule has 0 bridgehead atoms. The van der Waals surface area contributed by atoms with E-state index in [0.717, 1.165) is 16.6 Å². The van der Waals surface area contributed by atoms with Crippen molar-refractivity contribution in [3.8, 4) is 5.88 Å². The Hall–Kier alpha value is -1.39. The van der Waals surface area contributed by atoms with Gasteiger partial charge in [0.2, 0.25) is 5.88 Å². The lowest BCUT2D eigenvalue weighted by Crippen LogP contribution is -2.17. The van der Waals surface area contributed by atoms with Crippen molar-refractivity contribution in [1.29, 1.82) is 0 Å². The van der Waals surface area contributed by atoms with E-state index in [9.17, 15) is 0 Å². The van der Waals surface area contributed by atoms with Crippen LogP contribution in [0.5, 0.6) is 5.88 Å². The molecule has 1 N–H and O–H groups in total. The Kier molecular flexibility index (Phi) is 5.56. The molecule has 0 fully saturated rings. The predicted octanol–water partition coefficient (Wildman–Crippen LogP) is 4.09. The molecular formula is C16H19BrN2O. The van der Waals surface area contributed by atoms with Gasteiger partial charge >= 0.3 is 0 Å². The zero-order valence-electron chi connectivity index (χ0n) is 11.8. The van der Waals surface area contributed by atoms with Crippen LogP contribution in [0.3, 0.4) is 0 Å². The number of nitrogens with one attached hydrogen (secondary N) is 1. The molecule has 0 saturated carbocycles. The van der Waals surface area contributed by atoms with E-state index in [1.54, 1.807) is 0 Å². The number of halogens is 1. The van der Waals surface area contributed by atoms with Crippen molar-refractivity contribution in [2.45, 2.75) is 26.5 Å². The number of rotatable bonds is 6. The summed E-state index contributed by atoms with van der Waals surface area (Å²) in [6, 6.07) is 12.4. The highest BCUT2D eigenvalue weighted by Crippen LogP contribution is 2.16. The average molecular weight is 335 g/mol. The van der Waals surface area contributed by atoms with Gasteiger partial charge in [-0.3, -0.25) is 0 Å². The molecule has 0 aliphatic rings. The van der Waals surface area contributed by atoms with Crippen molar-refractivity contribution >= 4 is 15.9 Å². The monoisotopic (exact) mass is 334 g/mol. The molecule has 0 aliphatic heterocycles. The van der Waals surface area contributed by atoms with Crippen LogP contribution in [0.2, 0.25) is 0 Å². The molecule has 0 saturated heterocycles. The van der Waals surface area contributed by atoms with Crippen LogP contribution in [0.4, 0.5) is 0 Å². The van der Waals surface area contributed by atoms with E-state index in [1.807, 2.05) is 36.5 Å². The van der Waals surface area contributed by atoms with E-state index in [0.29, 0.717) is 18.5 Å². The summed E-state index contributed by atoms with van der Waals surface area (Å²) in [5, 5.41) is 3.36. The van der Waals surface area contributed by atoms with Gasteiger partial charge in [-0.2, -0.15) is 0 Å². The smallest absolute Gasteiger partial charge is 0.213 e. The zero-order valence-corrected chi connectivity index (χ0v) is 13.4. The fourth-order valence-corrected chi connectivity index (χ4v) is 2.39. The summed E-state index contributed by atoms with van der Waals surface area (Å²) < 4.78 is 6.75. The summed E-state index contributed by atoms with van der Waals surface area (Å²) in [4.78, 5) is 4.35. The summed E-state index contributed by atoms with van der Waals surface area (Å²) in [5.41, 5.74) is 2.29.